The maximum Gasteiger partial charge on any atom is 0.296 e. The summed E-state index contributed by atoms with van der Waals surface area (Å²) in [5.41, 5.74) is -0.138. The van der Waals surface area contributed by atoms with Crippen LogP contribution in [0.15, 0.2) is 18.2 Å². The summed E-state index contributed by atoms with van der Waals surface area (Å²) in [6, 6.07) is 4.21. The molecule has 0 saturated carbocycles. The molecule has 23 heavy (non-hydrogen) atoms. The number of hydrogen-bond donors (Lipinski definition) is 1. The van der Waals surface area contributed by atoms with Crippen LogP contribution in [0.4, 0.5) is 11.4 Å². The van der Waals surface area contributed by atoms with Crippen molar-refractivity contribution < 1.29 is 22.9 Å². The van der Waals surface area contributed by atoms with Crippen LogP contribution in [0.3, 0.4) is 0 Å². The predicted molar refractivity (Wildman–Crippen MR) is 82.7 cm³/mol. The van der Waals surface area contributed by atoms with Gasteiger partial charge in [-0.05, 0) is 19.1 Å². The van der Waals surface area contributed by atoms with Crippen molar-refractivity contribution in [1.82, 2.24) is 0 Å². The van der Waals surface area contributed by atoms with Gasteiger partial charge in [0.2, 0.25) is 15.9 Å². The average Bonchev–Trinajstić information content (AvgIpc) is 2.77. The fraction of sp³-hybridized carbons (Fsp3) is 0.462. The van der Waals surface area contributed by atoms with Gasteiger partial charge in [0, 0.05) is 18.9 Å². The molecule has 9 nitrogen and oxygen atoms in total. The van der Waals surface area contributed by atoms with Crippen LogP contribution in [0.5, 0.6) is 5.75 Å². The van der Waals surface area contributed by atoms with Crippen LogP contribution in [-0.4, -0.2) is 38.2 Å². The van der Waals surface area contributed by atoms with E-state index < -0.39 is 20.9 Å². The molecule has 1 unspecified atom stereocenters. The molecule has 1 saturated heterocycles. The second-order valence-electron chi connectivity index (χ2n) is 5.24. The number of primary sulfonamides is 1. The summed E-state index contributed by atoms with van der Waals surface area (Å²) in [4.78, 5) is 24.0. The third-order valence-corrected chi connectivity index (χ3v) is 4.35. The molecule has 126 valence electrons. The van der Waals surface area contributed by atoms with Crippen molar-refractivity contribution in [2.75, 3.05) is 23.8 Å². The van der Waals surface area contributed by atoms with Gasteiger partial charge < -0.3 is 9.64 Å². The fourth-order valence-corrected chi connectivity index (χ4v) is 3.47. The molecule has 1 aromatic rings. The Labute approximate surface area is 133 Å². The van der Waals surface area contributed by atoms with Gasteiger partial charge in [-0.2, -0.15) is 0 Å². The molecule has 10 heteroatoms. The fourth-order valence-electron chi connectivity index (χ4n) is 2.59. The van der Waals surface area contributed by atoms with E-state index in [1.165, 1.54) is 23.1 Å². The van der Waals surface area contributed by atoms with E-state index in [9.17, 15) is 23.3 Å². The number of rotatable bonds is 6. The Morgan fingerprint density at radius 3 is 2.74 bits per heavy atom. The zero-order valence-electron chi connectivity index (χ0n) is 12.5. The Bertz CT molecular complexity index is 733. The number of nitro groups is 1. The number of amides is 1. The van der Waals surface area contributed by atoms with Crippen molar-refractivity contribution >= 4 is 27.3 Å². The Morgan fingerprint density at radius 1 is 1.48 bits per heavy atom. The molecular formula is C13H17N3O6S. The van der Waals surface area contributed by atoms with Crippen molar-refractivity contribution in [3.8, 4) is 5.75 Å². The molecule has 1 aromatic carbocycles. The van der Waals surface area contributed by atoms with Crippen molar-refractivity contribution in [3.63, 3.8) is 0 Å². The van der Waals surface area contributed by atoms with Gasteiger partial charge in [-0.3, -0.25) is 14.9 Å². The third-order valence-electron chi connectivity index (χ3n) is 3.42. The summed E-state index contributed by atoms with van der Waals surface area (Å²) < 4.78 is 27.5. The van der Waals surface area contributed by atoms with E-state index in [4.69, 9.17) is 9.88 Å². The monoisotopic (exact) mass is 343 g/mol. The molecule has 0 aliphatic carbocycles. The SMILES string of the molecule is CCOc1ccc(N2CC(CS(N)(=O)=O)CC2=O)c([N+](=O)[O-])c1. The molecule has 2 rings (SSSR count). The van der Waals surface area contributed by atoms with Gasteiger partial charge in [0.15, 0.2) is 0 Å². The average molecular weight is 343 g/mol. The van der Waals surface area contributed by atoms with E-state index in [2.05, 4.69) is 0 Å². The summed E-state index contributed by atoms with van der Waals surface area (Å²) in [6.45, 7) is 2.18. The number of nitrogens with zero attached hydrogens (tertiary/aromatic N) is 2. The normalized spacial score (nSPS) is 18.3. The molecule has 1 atom stereocenters. The Balaban J connectivity index is 2.30. The van der Waals surface area contributed by atoms with Crippen molar-refractivity contribution in [2.24, 2.45) is 11.1 Å². The summed E-state index contributed by atoms with van der Waals surface area (Å²) in [7, 11) is -3.71. The van der Waals surface area contributed by atoms with Crippen LogP contribution in [-0.2, 0) is 14.8 Å². The first-order chi connectivity index (χ1) is 10.7. The van der Waals surface area contributed by atoms with Crippen LogP contribution >= 0.6 is 0 Å². The number of ether oxygens (including phenoxy) is 1. The summed E-state index contributed by atoms with van der Waals surface area (Å²) in [5.74, 6) is -0.856. The van der Waals surface area contributed by atoms with Crippen LogP contribution < -0.4 is 14.8 Å². The second kappa shape index (κ2) is 6.50. The lowest BCUT2D eigenvalue weighted by molar-refractivity contribution is -0.384. The number of anilines is 1. The second-order valence-corrected chi connectivity index (χ2v) is 6.90. The molecule has 1 aliphatic heterocycles. The molecule has 0 aromatic heterocycles. The molecule has 0 bridgehead atoms. The highest BCUT2D eigenvalue weighted by Gasteiger charge is 2.35. The Morgan fingerprint density at radius 2 is 2.17 bits per heavy atom. The highest BCUT2D eigenvalue weighted by atomic mass is 32.2. The summed E-state index contributed by atoms with van der Waals surface area (Å²) >= 11 is 0. The van der Waals surface area contributed by atoms with E-state index in [1.807, 2.05) is 0 Å². The van der Waals surface area contributed by atoms with Crippen LogP contribution in [0.25, 0.3) is 0 Å². The highest BCUT2D eigenvalue weighted by Crippen LogP contribution is 2.35. The first-order valence-electron chi connectivity index (χ1n) is 6.93. The number of benzene rings is 1. The van der Waals surface area contributed by atoms with Crippen LogP contribution in [0.1, 0.15) is 13.3 Å². The lowest BCUT2D eigenvalue weighted by Gasteiger charge is -2.17. The van der Waals surface area contributed by atoms with Gasteiger partial charge in [0.25, 0.3) is 5.69 Å². The van der Waals surface area contributed by atoms with Gasteiger partial charge in [-0.15, -0.1) is 0 Å². The first-order valence-corrected chi connectivity index (χ1v) is 8.65. The topological polar surface area (TPSA) is 133 Å². The maximum absolute atomic E-state index is 12.1. The molecular weight excluding hydrogens is 326 g/mol. The first kappa shape index (κ1) is 17.2. The van der Waals surface area contributed by atoms with Gasteiger partial charge in [-0.1, -0.05) is 0 Å². The minimum absolute atomic E-state index is 0.0131. The standard InChI is InChI=1S/C13H17N3O6S/c1-2-22-10-3-4-11(12(6-10)16(18)19)15-7-9(5-13(15)17)8-23(14,20)21/h3-4,6,9H,2,5,7-8H2,1H3,(H2,14,20,21). The van der Waals surface area contributed by atoms with E-state index in [0.717, 1.165) is 0 Å². The van der Waals surface area contributed by atoms with Crippen molar-refractivity contribution in [3.05, 3.63) is 28.3 Å². The molecule has 2 N–H and O–H groups in total. The predicted octanol–water partition coefficient (Wildman–Crippen LogP) is 0.635. The number of nitro benzene ring substituents is 1. The third kappa shape index (κ3) is 4.17. The summed E-state index contributed by atoms with van der Waals surface area (Å²) in [6.07, 6.45) is -0.0131. The molecule has 1 amide bonds. The minimum Gasteiger partial charge on any atom is -0.494 e. The van der Waals surface area contributed by atoms with Gasteiger partial charge in [0.05, 0.1) is 23.3 Å². The lowest BCUT2D eigenvalue weighted by atomic mass is 10.1. The zero-order chi connectivity index (χ0) is 17.2. The van der Waals surface area contributed by atoms with Gasteiger partial charge >= 0.3 is 0 Å². The van der Waals surface area contributed by atoms with E-state index in [1.54, 1.807) is 6.92 Å². The van der Waals surface area contributed by atoms with Gasteiger partial charge in [0.1, 0.15) is 11.4 Å². The number of carbonyl (C=O) groups excluding carboxylic acids is 1. The lowest BCUT2D eigenvalue weighted by Crippen LogP contribution is -2.28. The number of nitrogens with two attached hydrogens (primary N) is 1. The highest BCUT2D eigenvalue weighted by molar-refractivity contribution is 7.89. The number of carbonyl (C=O) groups is 1. The summed E-state index contributed by atoms with van der Waals surface area (Å²) in [5, 5.41) is 16.2. The minimum atomic E-state index is -3.71. The number of hydrogen-bond acceptors (Lipinski definition) is 6. The number of sulfonamides is 1. The van der Waals surface area contributed by atoms with E-state index in [0.29, 0.717) is 12.4 Å². The van der Waals surface area contributed by atoms with Crippen LogP contribution in [0.2, 0.25) is 0 Å². The Kier molecular flexibility index (Phi) is 4.85. The Hall–Kier alpha value is -2.20. The van der Waals surface area contributed by atoms with Gasteiger partial charge in [-0.25, -0.2) is 13.6 Å². The smallest absolute Gasteiger partial charge is 0.296 e. The molecule has 1 aliphatic rings. The maximum atomic E-state index is 12.1. The molecule has 1 heterocycles. The van der Waals surface area contributed by atoms with Crippen molar-refractivity contribution in [2.45, 2.75) is 13.3 Å². The molecule has 1 fully saturated rings. The zero-order valence-corrected chi connectivity index (χ0v) is 13.3. The quantitative estimate of drug-likeness (QED) is 0.595. The van der Waals surface area contributed by atoms with Crippen molar-refractivity contribution in [1.29, 1.82) is 0 Å². The van der Waals surface area contributed by atoms with Crippen LogP contribution in [0, 0.1) is 16.0 Å². The molecule has 0 spiro atoms. The van der Waals surface area contributed by atoms with E-state index in [-0.39, 0.29) is 36.0 Å². The molecule has 0 radical (unpaired) electrons. The van der Waals surface area contributed by atoms with E-state index >= 15 is 0 Å². The largest absolute Gasteiger partial charge is 0.494 e.